The van der Waals surface area contributed by atoms with Crippen molar-refractivity contribution in [1.82, 2.24) is 0 Å². The third-order valence-electron chi connectivity index (χ3n) is 1.45. The highest BCUT2D eigenvalue weighted by Crippen LogP contribution is 2.18. The van der Waals surface area contributed by atoms with Crippen molar-refractivity contribution >= 4 is 17.6 Å². The fraction of sp³-hybridized carbons (Fsp3) is 0.857. The van der Waals surface area contributed by atoms with Gasteiger partial charge in [-0.1, -0.05) is 13.8 Å². The summed E-state index contributed by atoms with van der Waals surface area (Å²) in [6.07, 6.45) is 1.14. The maximum absolute atomic E-state index is 7.13. The topological polar surface area (TPSA) is 49.9 Å². The Kier molecular flexibility index (Phi) is 4.52. The third-order valence-corrected chi connectivity index (χ3v) is 2.91. The molecule has 0 aliphatic carbocycles. The van der Waals surface area contributed by atoms with Gasteiger partial charge >= 0.3 is 0 Å². The average molecular weight is 160 g/mol. The van der Waals surface area contributed by atoms with E-state index in [1.807, 2.05) is 6.92 Å². The quantitative estimate of drug-likeness (QED) is 0.487. The number of rotatable bonds is 4. The van der Waals surface area contributed by atoms with Gasteiger partial charge in [-0.25, -0.2) is 0 Å². The number of nitrogens with one attached hydrogen (secondary N) is 1. The molecule has 0 rings (SSSR count). The van der Waals surface area contributed by atoms with E-state index in [0.29, 0.717) is 5.25 Å². The Bertz CT molecular complexity index is 114. The summed E-state index contributed by atoms with van der Waals surface area (Å²) in [5, 5.41) is 7.91. The van der Waals surface area contributed by atoms with Crippen LogP contribution in [0.4, 0.5) is 0 Å². The van der Waals surface area contributed by atoms with Crippen LogP contribution in [0, 0.1) is 5.41 Å². The van der Waals surface area contributed by atoms with E-state index in [2.05, 4.69) is 13.8 Å². The minimum atomic E-state index is 0.176. The second-order valence-electron chi connectivity index (χ2n) is 2.45. The first-order valence-electron chi connectivity index (χ1n) is 3.57. The number of nitrogens with two attached hydrogens (primary N) is 1. The molecule has 2 atom stereocenters. The first kappa shape index (κ1) is 9.82. The monoisotopic (exact) mass is 160 g/mol. The van der Waals surface area contributed by atoms with Crippen LogP contribution in [0.15, 0.2) is 0 Å². The molecule has 3 N–H and O–H groups in total. The van der Waals surface area contributed by atoms with Crippen molar-refractivity contribution in [2.24, 2.45) is 5.73 Å². The summed E-state index contributed by atoms with van der Waals surface area (Å²) in [5.41, 5.74) is 5.30. The van der Waals surface area contributed by atoms with E-state index in [0.717, 1.165) is 6.42 Å². The largest absolute Gasteiger partial charge is 0.387 e. The second kappa shape index (κ2) is 4.61. The predicted molar refractivity (Wildman–Crippen MR) is 48.7 cm³/mol. The van der Waals surface area contributed by atoms with Gasteiger partial charge in [-0.05, 0) is 13.3 Å². The summed E-state index contributed by atoms with van der Waals surface area (Å²) in [4.78, 5) is 0. The zero-order chi connectivity index (χ0) is 8.15. The van der Waals surface area contributed by atoms with E-state index in [1.54, 1.807) is 11.8 Å². The molecular formula is C7H16N2S. The third kappa shape index (κ3) is 3.77. The van der Waals surface area contributed by atoms with Crippen molar-refractivity contribution in [3.8, 4) is 0 Å². The molecule has 60 valence electrons. The van der Waals surface area contributed by atoms with E-state index in [9.17, 15) is 0 Å². The molecule has 3 heteroatoms. The van der Waals surface area contributed by atoms with Gasteiger partial charge in [0.1, 0.15) is 5.84 Å². The number of hydrogen-bond donors (Lipinski definition) is 2. The Morgan fingerprint density at radius 3 is 2.40 bits per heavy atom. The SMILES string of the molecule is CCC(C)SC(C)C(=N)N. The molecule has 0 bridgehead atoms. The van der Waals surface area contributed by atoms with Crippen LogP contribution in [0.25, 0.3) is 0 Å². The molecule has 0 amide bonds. The van der Waals surface area contributed by atoms with Crippen LogP contribution >= 0.6 is 11.8 Å². The smallest absolute Gasteiger partial charge is 0.104 e. The molecule has 0 aromatic heterocycles. The molecule has 10 heavy (non-hydrogen) atoms. The van der Waals surface area contributed by atoms with Crippen molar-refractivity contribution in [3.63, 3.8) is 0 Å². The second-order valence-corrected chi connectivity index (χ2v) is 4.24. The normalized spacial score (nSPS) is 16.3. The van der Waals surface area contributed by atoms with Crippen molar-refractivity contribution in [1.29, 1.82) is 5.41 Å². The van der Waals surface area contributed by atoms with Gasteiger partial charge in [0.15, 0.2) is 0 Å². The molecule has 0 aromatic carbocycles. The Labute approximate surface area is 67.1 Å². The lowest BCUT2D eigenvalue weighted by atomic mass is 10.4. The lowest BCUT2D eigenvalue weighted by molar-refractivity contribution is 0.902. The highest BCUT2D eigenvalue weighted by atomic mass is 32.2. The summed E-state index contributed by atoms with van der Waals surface area (Å²) in [6, 6.07) is 0. The molecule has 2 nitrogen and oxygen atoms in total. The van der Waals surface area contributed by atoms with Gasteiger partial charge in [-0.15, -0.1) is 11.8 Å². The summed E-state index contributed by atoms with van der Waals surface area (Å²) in [5.74, 6) is 0.283. The van der Waals surface area contributed by atoms with E-state index < -0.39 is 0 Å². The molecule has 0 aliphatic rings. The highest BCUT2D eigenvalue weighted by Gasteiger charge is 2.08. The molecule has 0 spiro atoms. The van der Waals surface area contributed by atoms with Gasteiger partial charge < -0.3 is 5.73 Å². The Balaban J connectivity index is 3.56. The van der Waals surface area contributed by atoms with Crippen LogP contribution in [-0.4, -0.2) is 16.3 Å². The average Bonchev–Trinajstić information content (AvgIpc) is 1.87. The van der Waals surface area contributed by atoms with E-state index in [1.165, 1.54) is 0 Å². The van der Waals surface area contributed by atoms with Gasteiger partial charge in [0.25, 0.3) is 0 Å². The van der Waals surface area contributed by atoms with E-state index in [-0.39, 0.29) is 11.1 Å². The Morgan fingerprint density at radius 2 is 2.10 bits per heavy atom. The summed E-state index contributed by atoms with van der Waals surface area (Å²) in [6.45, 7) is 6.27. The van der Waals surface area contributed by atoms with Crippen LogP contribution in [0.3, 0.4) is 0 Å². The number of thioether (sulfide) groups is 1. The van der Waals surface area contributed by atoms with Crippen LogP contribution in [0.2, 0.25) is 0 Å². The standard InChI is InChI=1S/C7H16N2S/c1-4-5(2)10-6(3)7(8)9/h5-6H,4H2,1-3H3,(H3,8,9). The van der Waals surface area contributed by atoms with E-state index in [4.69, 9.17) is 11.1 Å². The zero-order valence-corrected chi connectivity index (χ0v) is 7.66. The van der Waals surface area contributed by atoms with Crippen molar-refractivity contribution in [3.05, 3.63) is 0 Å². The van der Waals surface area contributed by atoms with E-state index >= 15 is 0 Å². The molecule has 0 aromatic rings. The fourth-order valence-electron chi connectivity index (χ4n) is 0.518. The summed E-state index contributed by atoms with van der Waals surface area (Å²) < 4.78 is 0. The Morgan fingerprint density at radius 1 is 1.60 bits per heavy atom. The van der Waals surface area contributed by atoms with Gasteiger partial charge in [0, 0.05) is 5.25 Å². The Hall–Kier alpha value is -0.180. The number of hydrogen-bond acceptors (Lipinski definition) is 2. The highest BCUT2D eigenvalue weighted by molar-refractivity contribution is 8.01. The molecular weight excluding hydrogens is 144 g/mol. The van der Waals surface area contributed by atoms with Gasteiger partial charge in [-0.2, -0.15) is 0 Å². The van der Waals surface area contributed by atoms with Crippen molar-refractivity contribution in [2.45, 2.75) is 37.7 Å². The molecule has 0 aliphatic heterocycles. The fourth-order valence-corrected chi connectivity index (χ4v) is 1.55. The summed E-state index contributed by atoms with van der Waals surface area (Å²) in [7, 11) is 0. The molecule has 0 saturated carbocycles. The van der Waals surface area contributed by atoms with Crippen LogP contribution in [-0.2, 0) is 0 Å². The van der Waals surface area contributed by atoms with Crippen LogP contribution in [0.5, 0.6) is 0 Å². The lowest BCUT2D eigenvalue weighted by Gasteiger charge is -2.13. The van der Waals surface area contributed by atoms with Crippen LogP contribution < -0.4 is 5.73 Å². The summed E-state index contributed by atoms with van der Waals surface area (Å²) >= 11 is 1.76. The molecule has 0 radical (unpaired) electrons. The minimum absolute atomic E-state index is 0.176. The molecule has 2 unspecified atom stereocenters. The first-order chi connectivity index (χ1) is 4.57. The molecule has 0 saturated heterocycles. The minimum Gasteiger partial charge on any atom is -0.387 e. The lowest BCUT2D eigenvalue weighted by Crippen LogP contribution is -2.23. The van der Waals surface area contributed by atoms with Gasteiger partial charge in [-0.3, -0.25) is 5.41 Å². The van der Waals surface area contributed by atoms with Gasteiger partial charge in [0.2, 0.25) is 0 Å². The number of amidine groups is 1. The van der Waals surface area contributed by atoms with Gasteiger partial charge in [0.05, 0.1) is 5.25 Å². The molecule has 0 fully saturated rings. The molecule has 0 heterocycles. The first-order valence-corrected chi connectivity index (χ1v) is 4.51. The maximum atomic E-state index is 7.13. The van der Waals surface area contributed by atoms with Crippen molar-refractivity contribution < 1.29 is 0 Å². The predicted octanol–water partition coefficient (Wildman–Crippen LogP) is 1.84. The zero-order valence-electron chi connectivity index (χ0n) is 6.85. The maximum Gasteiger partial charge on any atom is 0.104 e. The van der Waals surface area contributed by atoms with Crippen LogP contribution in [0.1, 0.15) is 27.2 Å². The van der Waals surface area contributed by atoms with Crippen molar-refractivity contribution in [2.75, 3.05) is 0 Å².